The number of carbonyl (C=O) groups is 3. The summed E-state index contributed by atoms with van der Waals surface area (Å²) in [6.07, 6.45) is -0.199. The lowest BCUT2D eigenvalue weighted by Gasteiger charge is -2.24. The molecular weight excluding hydrogens is 304 g/mol. The molecule has 1 aliphatic rings. The van der Waals surface area contributed by atoms with Crippen molar-refractivity contribution in [1.82, 2.24) is 10.2 Å². The topological polar surface area (TPSA) is 86.7 Å². The molecule has 2 N–H and O–H groups in total. The number of carbonyl (C=O) groups excluding carboxylic acids is 2. The highest BCUT2D eigenvalue weighted by Crippen LogP contribution is 2.23. The highest BCUT2D eigenvalue weighted by atomic mass is 32.2. The first kappa shape index (κ1) is 16.4. The van der Waals surface area contributed by atoms with Gasteiger partial charge in [-0.05, 0) is 5.56 Å². The van der Waals surface area contributed by atoms with E-state index in [0.29, 0.717) is 11.6 Å². The van der Waals surface area contributed by atoms with Crippen LogP contribution < -0.4 is 5.32 Å². The molecule has 22 heavy (non-hydrogen) atoms. The number of nitrogens with zero attached hydrogens (tertiary/aromatic N) is 1. The Hall–Kier alpha value is -2.02. The summed E-state index contributed by atoms with van der Waals surface area (Å²) in [5.74, 6) is -0.434. The molecule has 0 saturated carbocycles. The zero-order valence-electron chi connectivity index (χ0n) is 12.2. The number of benzene rings is 1. The summed E-state index contributed by atoms with van der Waals surface area (Å²) in [7, 11) is 0. The number of aliphatic carboxylic acids is 1. The van der Waals surface area contributed by atoms with Crippen molar-refractivity contribution < 1.29 is 19.5 Å². The van der Waals surface area contributed by atoms with Crippen LogP contribution in [0.25, 0.3) is 0 Å². The fourth-order valence-corrected chi connectivity index (χ4v) is 3.57. The summed E-state index contributed by atoms with van der Waals surface area (Å²) in [5, 5.41) is 11.8. The molecule has 0 unspecified atom stereocenters. The van der Waals surface area contributed by atoms with Gasteiger partial charge in [0, 0.05) is 12.7 Å². The molecule has 0 radical (unpaired) electrons. The molecule has 1 aliphatic heterocycles. The monoisotopic (exact) mass is 322 g/mol. The maximum atomic E-state index is 12.4. The van der Waals surface area contributed by atoms with E-state index in [1.807, 2.05) is 6.07 Å². The molecule has 2 amide bonds. The number of carboxylic acids is 1. The van der Waals surface area contributed by atoms with Gasteiger partial charge in [-0.3, -0.25) is 14.4 Å². The van der Waals surface area contributed by atoms with Gasteiger partial charge >= 0.3 is 5.97 Å². The van der Waals surface area contributed by atoms with E-state index in [1.54, 1.807) is 24.3 Å². The smallest absolute Gasteiger partial charge is 0.305 e. The fourth-order valence-electron chi connectivity index (χ4n) is 2.35. The lowest BCUT2D eigenvalue weighted by atomic mass is 10.0. The molecule has 1 aromatic carbocycles. The standard InChI is InChI=1S/C15H18N2O4S/c1-10(18)17-9-22-8-13(17)15(21)16-12(7-14(19)20)11-5-3-2-4-6-11/h2-6,12-13H,7-9H2,1H3,(H,16,21)(H,19,20)/t12-,13-/m1/s1. The molecule has 1 saturated heterocycles. The van der Waals surface area contributed by atoms with E-state index in [2.05, 4.69) is 5.32 Å². The van der Waals surface area contributed by atoms with Gasteiger partial charge in [0.15, 0.2) is 0 Å². The molecule has 1 heterocycles. The second-order valence-electron chi connectivity index (χ2n) is 5.07. The SMILES string of the molecule is CC(=O)N1CSC[C@@H]1C(=O)N[C@H](CC(=O)O)c1ccccc1. The average Bonchev–Trinajstić information content (AvgIpc) is 2.96. The van der Waals surface area contributed by atoms with E-state index < -0.39 is 18.1 Å². The Kier molecular flexibility index (Phi) is 5.43. The number of hydrogen-bond donors (Lipinski definition) is 2. The lowest BCUT2D eigenvalue weighted by Crippen LogP contribution is -2.47. The molecular formula is C15H18N2O4S. The molecule has 6 nitrogen and oxygen atoms in total. The van der Waals surface area contributed by atoms with Gasteiger partial charge in [0.25, 0.3) is 0 Å². The van der Waals surface area contributed by atoms with E-state index in [9.17, 15) is 14.4 Å². The van der Waals surface area contributed by atoms with E-state index in [-0.39, 0.29) is 18.2 Å². The van der Waals surface area contributed by atoms with Crippen molar-refractivity contribution in [3.05, 3.63) is 35.9 Å². The van der Waals surface area contributed by atoms with Crippen molar-refractivity contribution in [3.8, 4) is 0 Å². The molecule has 2 rings (SSSR count). The summed E-state index contributed by atoms with van der Waals surface area (Å²) >= 11 is 1.51. The number of amides is 2. The molecule has 7 heteroatoms. The predicted octanol–water partition coefficient (Wildman–Crippen LogP) is 1.24. The number of hydrogen-bond acceptors (Lipinski definition) is 4. The van der Waals surface area contributed by atoms with E-state index >= 15 is 0 Å². The highest BCUT2D eigenvalue weighted by molar-refractivity contribution is 7.99. The lowest BCUT2D eigenvalue weighted by molar-refractivity contribution is -0.139. The van der Waals surface area contributed by atoms with Crippen LogP contribution in [-0.2, 0) is 14.4 Å². The molecule has 0 bridgehead atoms. The third-order valence-electron chi connectivity index (χ3n) is 3.49. The van der Waals surface area contributed by atoms with Crippen LogP contribution in [0.3, 0.4) is 0 Å². The average molecular weight is 322 g/mol. The number of carboxylic acid groups (broad SMARTS) is 1. The van der Waals surface area contributed by atoms with Crippen LogP contribution in [0.15, 0.2) is 30.3 Å². The predicted molar refractivity (Wildman–Crippen MR) is 83.2 cm³/mol. The molecule has 1 aromatic rings. The number of thioether (sulfide) groups is 1. The van der Waals surface area contributed by atoms with E-state index in [4.69, 9.17) is 5.11 Å². The van der Waals surface area contributed by atoms with Crippen LogP contribution in [0.2, 0.25) is 0 Å². The van der Waals surface area contributed by atoms with Crippen LogP contribution in [0.4, 0.5) is 0 Å². The second kappa shape index (κ2) is 7.31. The van der Waals surface area contributed by atoms with Gasteiger partial charge in [0.05, 0.1) is 18.3 Å². The molecule has 0 aromatic heterocycles. The van der Waals surface area contributed by atoms with Crippen molar-refractivity contribution in [1.29, 1.82) is 0 Å². The molecule has 0 spiro atoms. The Morgan fingerprint density at radius 1 is 1.36 bits per heavy atom. The quantitative estimate of drug-likeness (QED) is 0.852. The van der Waals surface area contributed by atoms with Gasteiger partial charge in [-0.15, -0.1) is 11.8 Å². The van der Waals surface area contributed by atoms with Gasteiger partial charge in [-0.1, -0.05) is 30.3 Å². The van der Waals surface area contributed by atoms with Crippen LogP contribution >= 0.6 is 11.8 Å². The maximum absolute atomic E-state index is 12.4. The molecule has 118 valence electrons. The van der Waals surface area contributed by atoms with Crippen molar-refractivity contribution >= 4 is 29.5 Å². The summed E-state index contributed by atoms with van der Waals surface area (Å²) < 4.78 is 0. The minimum atomic E-state index is -0.988. The van der Waals surface area contributed by atoms with Crippen LogP contribution in [0, 0.1) is 0 Å². The first-order valence-corrected chi connectivity index (χ1v) is 8.06. The number of rotatable bonds is 5. The second-order valence-corrected chi connectivity index (χ2v) is 6.07. The largest absolute Gasteiger partial charge is 0.481 e. The van der Waals surface area contributed by atoms with Gasteiger partial charge in [-0.2, -0.15) is 0 Å². The van der Waals surface area contributed by atoms with Crippen LogP contribution in [0.5, 0.6) is 0 Å². The highest BCUT2D eigenvalue weighted by Gasteiger charge is 2.34. The molecule has 0 aliphatic carbocycles. The third kappa shape index (κ3) is 4.00. The van der Waals surface area contributed by atoms with E-state index in [0.717, 1.165) is 5.56 Å². The van der Waals surface area contributed by atoms with Crippen molar-refractivity contribution in [2.24, 2.45) is 0 Å². The Labute approximate surface area is 132 Å². The maximum Gasteiger partial charge on any atom is 0.305 e. The zero-order chi connectivity index (χ0) is 16.1. The number of nitrogens with one attached hydrogen (secondary N) is 1. The summed E-state index contributed by atoms with van der Waals surface area (Å²) in [6.45, 7) is 1.43. The first-order valence-electron chi connectivity index (χ1n) is 6.91. The summed E-state index contributed by atoms with van der Waals surface area (Å²) in [6, 6.07) is 7.83. The van der Waals surface area contributed by atoms with Crippen LogP contribution in [0.1, 0.15) is 24.9 Å². The Balaban J connectivity index is 2.11. The molecule has 1 fully saturated rings. The van der Waals surface area contributed by atoms with E-state index in [1.165, 1.54) is 23.6 Å². The third-order valence-corrected chi connectivity index (χ3v) is 4.50. The first-order chi connectivity index (χ1) is 10.5. The minimum absolute atomic E-state index is 0.153. The fraction of sp³-hybridized carbons (Fsp3) is 0.400. The summed E-state index contributed by atoms with van der Waals surface area (Å²) in [4.78, 5) is 36.5. The van der Waals surface area contributed by atoms with Gasteiger partial charge < -0.3 is 15.3 Å². The molecule has 2 atom stereocenters. The zero-order valence-corrected chi connectivity index (χ0v) is 13.0. The summed E-state index contributed by atoms with van der Waals surface area (Å²) in [5.41, 5.74) is 0.735. The van der Waals surface area contributed by atoms with Crippen molar-refractivity contribution in [2.45, 2.75) is 25.4 Å². The minimum Gasteiger partial charge on any atom is -0.481 e. The normalized spacial score (nSPS) is 18.8. The Morgan fingerprint density at radius 2 is 2.05 bits per heavy atom. The Bertz CT molecular complexity index is 564. The van der Waals surface area contributed by atoms with Gasteiger partial charge in [0.1, 0.15) is 6.04 Å². The van der Waals surface area contributed by atoms with Gasteiger partial charge in [0.2, 0.25) is 11.8 Å². The van der Waals surface area contributed by atoms with Crippen molar-refractivity contribution in [2.75, 3.05) is 11.6 Å². The van der Waals surface area contributed by atoms with Gasteiger partial charge in [-0.25, -0.2) is 0 Å². The van der Waals surface area contributed by atoms with Crippen molar-refractivity contribution in [3.63, 3.8) is 0 Å². The van der Waals surface area contributed by atoms with Crippen LogP contribution in [-0.4, -0.2) is 45.5 Å². The Morgan fingerprint density at radius 3 is 2.64 bits per heavy atom.